The van der Waals surface area contributed by atoms with E-state index in [4.69, 9.17) is 4.52 Å². The zero-order valence-electron chi connectivity index (χ0n) is 16.0. The van der Waals surface area contributed by atoms with Gasteiger partial charge in [0.05, 0.1) is 0 Å². The zero-order chi connectivity index (χ0) is 18.3. The first-order valence-electron chi connectivity index (χ1n) is 8.95. The Balaban J connectivity index is 2.93. The van der Waals surface area contributed by atoms with Crippen LogP contribution in [0.15, 0.2) is 4.52 Å². The number of carbonyl (C=O) groups excluding carboxylic acids is 1. The summed E-state index contributed by atoms with van der Waals surface area (Å²) in [5.41, 5.74) is 0.755. The lowest BCUT2D eigenvalue weighted by Gasteiger charge is -2.45. The van der Waals surface area contributed by atoms with Gasteiger partial charge in [-0.1, -0.05) is 32.3 Å². The van der Waals surface area contributed by atoms with Crippen molar-refractivity contribution >= 4 is 5.91 Å². The summed E-state index contributed by atoms with van der Waals surface area (Å²) in [7, 11) is 2.14. The number of aromatic nitrogens is 1. The van der Waals surface area contributed by atoms with Crippen LogP contribution in [0.3, 0.4) is 0 Å². The number of nitrogens with one attached hydrogen (secondary N) is 1. The lowest BCUT2D eigenvalue weighted by atomic mass is 9.83. The van der Waals surface area contributed by atoms with Gasteiger partial charge in [0.15, 0.2) is 11.5 Å². The molecule has 0 spiro atoms. The minimum Gasteiger partial charge on any atom is -0.388 e. The summed E-state index contributed by atoms with van der Waals surface area (Å²) in [4.78, 5) is 15.0. The topological polar surface area (TPSA) is 78.6 Å². The molecule has 6 heteroatoms. The number of aliphatic hydroxyl groups is 1. The molecule has 1 atom stereocenters. The first-order valence-corrected chi connectivity index (χ1v) is 8.95. The smallest absolute Gasteiger partial charge is 0.274 e. The Morgan fingerprint density at radius 1 is 1.38 bits per heavy atom. The Kier molecular flexibility index (Phi) is 7.90. The summed E-state index contributed by atoms with van der Waals surface area (Å²) in [6.07, 6.45) is 4.19. The average Bonchev–Trinajstić information content (AvgIpc) is 2.95. The highest BCUT2D eigenvalue weighted by atomic mass is 16.5. The maximum atomic E-state index is 12.6. The Labute approximate surface area is 145 Å². The van der Waals surface area contributed by atoms with Crippen LogP contribution in [-0.4, -0.2) is 46.2 Å². The van der Waals surface area contributed by atoms with Gasteiger partial charge < -0.3 is 14.9 Å². The van der Waals surface area contributed by atoms with E-state index in [0.29, 0.717) is 11.3 Å². The van der Waals surface area contributed by atoms with Gasteiger partial charge in [0.2, 0.25) is 0 Å². The molecule has 0 saturated carbocycles. The number of hydrogen-bond acceptors (Lipinski definition) is 5. The van der Waals surface area contributed by atoms with E-state index in [1.165, 1.54) is 0 Å². The Bertz CT molecular complexity index is 524. The van der Waals surface area contributed by atoms with E-state index in [0.717, 1.165) is 32.2 Å². The lowest BCUT2D eigenvalue weighted by Crippen LogP contribution is -2.59. The quantitative estimate of drug-likeness (QED) is 0.685. The number of nitrogens with zero attached hydrogens (tertiary/aromatic N) is 2. The summed E-state index contributed by atoms with van der Waals surface area (Å²) < 4.78 is 5.01. The molecule has 1 amide bonds. The van der Waals surface area contributed by atoms with E-state index in [1.54, 1.807) is 6.92 Å². The van der Waals surface area contributed by atoms with E-state index in [2.05, 4.69) is 50.1 Å². The van der Waals surface area contributed by atoms with Crippen LogP contribution in [0.1, 0.15) is 75.2 Å². The second-order valence-electron chi connectivity index (χ2n) is 6.52. The van der Waals surface area contributed by atoms with Crippen molar-refractivity contribution in [2.24, 2.45) is 0 Å². The molecule has 1 aromatic heterocycles. The van der Waals surface area contributed by atoms with Crippen molar-refractivity contribution in [2.75, 3.05) is 13.6 Å². The van der Waals surface area contributed by atoms with Crippen LogP contribution in [-0.2, 0) is 6.61 Å². The number of likely N-dealkylation sites (N-methyl/N-ethyl adjacent to an activating group) is 1. The largest absolute Gasteiger partial charge is 0.388 e. The van der Waals surface area contributed by atoms with Gasteiger partial charge in [-0.25, -0.2) is 0 Å². The van der Waals surface area contributed by atoms with Gasteiger partial charge in [0, 0.05) is 17.1 Å². The molecule has 0 aliphatic rings. The molecule has 1 heterocycles. The molecule has 2 N–H and O–H groups in total. The molecule has 0 aliphatic heterocycles. The molecule has 0 aromatic carbocycles. The van der Waals surface area contributed by atoms with E-state index in [9.17, 15) is 9.90 Å². The fourth-order valence-corrected chi connectivity index (χ4v) is 3.48. The van der Waals surface area contributed by atoms with Crippen LogP contribution in [0.4, 0.5) is 0 Å². The summed E-state index contributed by atoms with van der Waals surface area (Å²) in [5, 5.41) is 16.1. The SMILES string of the molecule is CCCCN(C)C(CC)(CC)C(C)NC(=O)c1noc(CO)c1C. The molecule has 0 saturated heterocycles. The Morgan fingerprint density at radius 3 is 2.46 bits per heavy atom. The van der Waals surface area contributed by atoms with Crippen molar-refractivity contribution in [3.8, 4) is 0 Å². The fraction of sp³-hybridized carbons (Fsp3) is 0.778. The summed E-state index contributed by atoms with van der Waals surface area (Å²) in [5.74, 6) is 0.0868. The third-order valence-corrected chi connectivity index (χ3v) is 5.36. The fourth-order valence-electron chi connectivity index (χ4n) is 3.48. The van der Waals surface area contributed by atoms with Gasteiger partial charge >= 0.3 is 0 Å². The van der Waals surface area contributed by atoms with Crippen LogP contribution < -0.4 is 5.32 Å². The van der Waals surface area contributed by atoms with Crippen molar-refractivity contribution < 1.29 is 14.4 Å². The molecule has 0 fully saturated rings. The monoisotopic (exact) mass is 339 g/mol. The van der Waals surface area contributed by atoms with E-state index in [1.807, 2.05) is 0 Å². The standard InChI is InChI=1S/C18H33N3O3/c1-7-10-11-21(6)18(8-2,9-3)14(5)19-17(23)16-13(4)15(12-22)24-20-16/h14,22H,7-12H2,1-6H3,(H,19,23). The van der Waals surface area contributed by atoms with Gasteiger partial charge in [-0.2, -0.15) is 0 Å². The molecule has 1 aromatic rings. The summed E-state index contributed by atoms with van der Waals surface area (Å²) >= 11 is 0. The van der Waals surface area contributed by atoms with Crippen LogP contribution in [0.25, 0.3) is 0 Å². The van der Waals surface area contributed by atoms with Crippen LogP contribution in [0.5, 0.6) is 0 Å². The van der Waals surface area contributed by atoms with Crippen molar-refractivity contribution in [1.29, 1.82) is 0 Å². The molecule has 24 heavy (non-hydrogen) atoms. The highest BCUT2D eigenvalue weighted by Crippen LogP contribution is 2.28. The van der Waals surface area contributed by atoms with E-state index in [-0.39, 0.29) is 29.8 Å². The average molecular weight is 339 g/mol. The molecule has 0 bridgehead atoms. The van der Waals surface area contributed by atoms with Crippen LogP contribution in [0, 0.1) is 6.92 Å². The third kappa shape index (κ3) is 4.16. The predicted octanol–water partition coefficient (Wildman–Crippen LogP) is 2.88. The molecule has 138 valence electrons. The molecular weight excluding hydrogens is 306 g/mol. The molecule has 6 nitrogen and oxygen atoms in total. The number of rotatable bonds is 10. The molecule has 0 aliphatic carbocycles. The van der Waals surface area contributed by atoms with Crippen molar-refractivity contribution in [2.45, 2.75) is 78.5 Å². The number of carbonyl (C=O) groups is 1. The lowest BCUT2D eigenvalue weighted by molar-refractivity contribution is 0.0603. The van der Waals surface area contributed by atoms with Crippen molar-refractivity contribution in [3.63, 3.8) is 0 Å². The molecule has 1 unspecified atom stereocenters. The van der Waals surface area contributed by atoms with Gasteiger partial charge in [0.25, 0.3) is 5.91 Å². The Morgan fingerprint density at radius 2 is 2.00 bits per heavy atom. The Hall–Kier alpha value is -1.40. The third-order valence-electron chi connectivity index (χ3n) is 5.36. The minimum atomic E-state index is -0.255. The number of hydrogen-bond donors (Lipinski definition) is 2. The number of aliphatic hydroxyl groups excluding tert-OH is 1. The van der Waals surface area contributed by atoms with E-state index < -0.39 is 0 Å². The van der Waals surface area contributed by atoms with Gasteiger partial charge in [-0.15, -0.1) is 0 Å². The highest BCUT2D eigenvalue weighted by Gasteiger charge is 2.38. The molecule has 1 rings (SSSR count). The normalized spacial score (nSPS) is 13.3. The first kappa shape index (κ1) is 20.6. The maximum absolute atomic E-state index is 12.6. The van der Waals surface area contributed by atoms with E-state index >= 15 is 0 Å². The summed E-state index contributed by atoms with van der Waals surface area (Å²) in [6, 6.07) is -0.0319. The van der Waals surface area contributed by atoms with Gasteiger partial charge in [0.1, 0.15) is 6.61 Å². The number of amides is 1. The van der Waals surface area contributed by atoms with Crippen LogP contribution in [0.2, 0.25) is 0 Å². The predicted molar refractivity (Wildman–Crippen MR) is 94.9 cm³/mol. The van der Waals surface area contributed by atoms with Crippen molar-refractivity contribution in [3.05, 3.63) is 17.0 Å². The van der Waals surface area contributed by atoms with Gasteiger partial charge in [-0.05, 0) is 46.7 Å². The summed E-state index contributed by atoms with van der Waals surface area (Å²) in [6.45, 7) is 11.1. The minimum absolute atomic E-state index is 0.0319. The number of unbranched alkanes of at least 4 members (excludes halogenated alkanes) is 1. The second kappa shape index (κ2) is 9.18. The maximum Gasteiger partial charge on any atom is 0.274 e. The first-order chi connectivity index (χ1) is 11.4. The second-order valence-corrected chi connectivity index (χ2v) is 6.52. The molecular formula is C18H33N3O3. The highest BCUT2D eigenvalue weighted by molar-refractivity contribution is 5.93. The van der Waals surface area contributed by atoms with Crippen LogP contribution >= 0.6 is 0 Å². The molecule has 0 radical (unpaired) electrons. The van der Waals surface area contributed by atoms with Crippen molar-refractivity contribution in [1.82, 2.24) is 15.4 Å². The van der Waals surface area contributed by atoms with Gasteiger partial charge in [-0.3, -0.25) is 9.69 Å². The zero-order valence-corrected chi connectivity index (χ0v) is 16.0.